The lowest BCUT2D eigenvalue weighted by Gasteiger charge is -1.92. The molecule has 1 amide bonds. The lowest BCUT2D eigenvalue weighted by molar-refractivity contribution is -0.135. The normalized spacial score (nSPS) is 18.5. The molecule has 0 spiro atoms. The minimum absolute atomic E-state index is 0.210. The molecule has 108 valence electrons. The van der Waals surface area contributed by atoms with E-state index in [4.69, 9.17) is 11.6 Å². The summed E-state index contributed by atoms with van der Waals surface area (Å²) in [6.45, 7) is 0. The third-order valence-electron chi connectivity index (χ3n) is 2.33. The SMILES string of the molecule is COC(=O)/C=C1\S/C(=N/N=Cc2ccc(Cl)cc2)NC1=O. The van der Waals surface area contributed by atoms with E-state index in [0.717, 1.165) is 23.4 Å². The molecule has 1 aromatic rings. The van der Waals surface area contributed by atoms with Crippen molar-refractivity contribution < 1.29 is 14.3 Å². The standard InChI is InChI=1S/C13H10ClN3O3S/c1-20-11(18)6-10-12(19)16-13(21-10)17-15-7-8-2-4-9(14)5-3-8/h2-7H,1H3,(H,16,17,19)/b10-6-,15-7?. The van der Waals surface area contributed by atoms with Gasteiger partial charge in [-0.25, -0.2) is 4.79 Å². The molecule has 2 rings (SSSR count). The van der Waals surface area contributed by atoms with Crippen molar-refractivity contribution in [3.8, 4) is 0 Å². The highest BCUT2D eigenvalue weighted by atomic mass is 35.5. The van der Waals surface area contributed by atoms with Gasteiger partial charge in [0.25, 0.3) is 5.91 Å². The molecule has 1 aliphatic heterocycles. The van der Waals surface area contributed by atoms with Gasteiger partial charge in [0.05, 0.1) is 18.2 Å². The van der Waals surface area contributed by atoms with E-state index in [9.17, 15) is 9.59 Å². The van der Waals surface area contributed by atoms with Crippen molar-refractivity contribution >= 4 is 46.6 Å². The number of hydrogen-bond acceptors (Lipinski definition) is 6. The van der Waals surface area contributed by atoms with Gasteiger partial charge in [0.1, 0.15) is 0 Å². The number of halogens is 1. The van der Waals surface area contributed by atoms with Crippen LogP contribution in [0, 0.1) is 0 Å². The third-order valence-corrected chi connectivity index (χ3v) is 3.48. The summed E-state index contributed by atoms with van der Waals surface area (Å²) >= 11 is 6.78. The summed E-state index contributed by atoms with van der Waals surface area (Å²) < 4.78 is 4.46. The Labute approximate surface area is 129 Å². The Morgan fingerprint density at radius 2 is 2.10 bits per heavy atom. The van der Waals surface area contributed by atoms with Crippen LogP contribution in [0.15, 0.2) is 45.4 Å². The van der Waals surface area contributed by atoms with Crippen molar-refractivity contribution in [2.24, 2.45) is 10.2 Å². The summed E-state index contributed by atoms with van der Waals surface area (Å²) in [6, 6.07) is 7.04. The third kappa shape index (κ3) is 4.44. The van der Waals surface area contributed by atoms with E-state index in [1.165, 1.54) is 13.3 Å². The molecule has 1 aliphatic rings. The molecule has 0 aliphatic carbocycles. The number of rotatable bonds is 3. The first-order valence-corrected chi connectivity index (χ1v) is 6.93. The zero-order valence-electron chi connectivity index (χ0n) is 10.9. The lowest BCUT2D eigenvalue weighted by Crippen LogP contribution is -2.19. The fourth-order valence-corrected chi connectivity index (χ4v) is 2.20. The maximum Gasteiger partial charge on any atom is 0.331 e. The first-order chi connectivity index (χ1) is 10.1. The molecular formula is C13H10ClN3O3S. The highest BCUT2D eigenvalue weighted by Gasteiger charge is 2.24. The van der Waals surface area contributed by atoms with Crippen LogP contribution in [0.1, 0.15) is 5.56 Å². The molecule has 8 heteroatoms. The van der Waals surface area contributed by atoms with E-state index in [1.54, 1.807) is 24.3 Å². The zero-order valence-corrected chi connectivity index (χ0v) is 12.4. The largest absolute Gasteiger partial charge is 0.466 e. The van der Waals surface area contributed by atoms with E-state index in [2.05, 4.69) is 20.3 Å². The van der Waals surface area contributed by atoms with Crippen LogP contribution in [-0.4, -0.2) is 30.4 Å². The van der Waals surface area contributed by atoms with Crippen LogP contribution < -0.4 is 5.32 Å². The molecule has 0 saturated carbocycles. The average molecular weight is 324 g/mol. The van der Waals surface area contributed by atoms with Crippen LogP contribution in [0.2, 0.25) is 5.02 Å². The quantitative estimate of drug-likeness (QED) is 0.399. The van der Waals surface area contributed by atoms with Gasteiger partial charge in [0.15, 0.2) is 5.17 Å². The molecule has 1 fully saturated rings. The Bertz CT molecular complexity index is 653. The van der Waals surface area contributed by atoms with Crippen LogP contribution in [-0.2, 0) is 14.3 Å². The molecule has 1 N–H and O–H groups in total. The molecule has 0 unspecified atom stereocenters. The van der Waals surface area contributed by atoms with Crippen LogP contribution in [0.25, 0.3) is 0 Å². The van der Waals surface area contributed by atoms with Crippen molar-refractivity contribution in [1.29, 1.82) is 0 Å². The summed E-state index contributed by atoms with van der Waals surface area (Å²) in [5.74, 6) is -1.01. The summed E-state index contributed by atoms with van der Waals surface area (Å²) in [5.41, 5.74) is 0.823. The molecule has 0 aromatic heterocycles. The van der Waals surface area contributed by atoms with Crippen LogP contribution in [0.4, 0.5) is 0 Å². The van der Waals surface area contributed by atoms with Gasteiger partial charge < -0.3 is 4.74 Å². The van der Waals surface area contributed by atoms with E-state index in [1.807, 2.05) is 0 Å². The minimum atomic E-state index is -0.599. The average Bonchev–Trinajstić information content (AvgIpc) is 2.81. The number of methoxy groups -OCH3 is 1. The number of nitrogens with one attached hydrogen (secondary N) is 1. The fraction of sp³-hybridized carbons (Fsp3) is 0.0769. The molecule has 1 aromatic carbocycles. The van der Waals surface area contributed by atoms with Crippen LogP contribution >= 0.6 is 23.4 Å². The van der Waals surface area contributed by atoms with Crippen molar-refractivity contribution in [2.45, 2.75) is 0 Å². The zero-order chi connectivity index (χ0) is 15.2. The molecule has 6 nitrogen and oxygen atoms in total. The lowest BCUT2D eigenvalue weighted by atomic mass is 10.2. The number of amidine groups is 1. The number of hydrogen-bond donors (Lipinski definition) is 1. The summed E-state index contributed by atoms with van der Waals surface area (Å²) in [6.07, 6.45) is 2.63. The molecule has 1 heterocycles. The predicted molar refractivity (Wildman–Crippen MR) is 82.3 cm³/mol. The van der Waals surface area contributed by atoms with E-state index in [-0.39, 0.29) is 4.91 Å². The monoisotopic (exact) mass is 323 g/mol. The second kappa shape index (κ2) is 7.05. The number of carbonyl (C=O) groups is 2. The highest BCUT2D eigenvalue weighted by molar-refractivity contribution is 8.18. The highest BCUT2D eigenvalue weighted by Crippen LogP contribution is 2.23. The van der Waals surface area contributed by atoms with Crippen molar-refractivity contribution in [1.82, 2.24) is 5.32 Å². The Balaban J connectivity index is 2.03. The predicted octanol–water partition coefficient (Wildman–Crippen LogP) is 1.95. The number of esters is 1. The van der Waals surface area contributed by atoms with Gasteiger partial charge in [-0.05, 0) is 29.5 Å². The van der Waals surface area contributed by atoms with Gasteiger partial charge in [-0.1, -0.05) is 23.7 Å². The van der Waals surface area contributed by atoms with Crippen molar-refractivity contribution in [2.75, 3.05) is 7.11 Å². The first kappa shape index (κ1) is 15.3. The number of benzene rings is 1. The number of amides is 1. The number of thioether (sulfide) groups is 1. The van der Waals surface area contributed by atoms with Crippen LogP contribution in [0.5, 0.6) is 0 Å². The van der Waals surface area contributed by atoms with E-state index < -0.39 is 11.9 Å². The van der Waals surface area contributed by atoms with Gasteiger partial charge in [0, 0.05) is 11.1 Å². The second-order valence-electron chi connectivity index (χ2n) is 3.79. The van der Waals surface area contributed by atoms with Crippen molar-refractivity contribution in [3.05, 3.63) is 45.8 Å². The molecule has 0 radical (unpaired) electrons. The van der Waals surface area contributed by atoms with E-state index in [0.29, 0.717) is 10.2 Å². The second-order valence-corrected chi connectivity index (χ2v) is 5.26. The van der Waals surface area contributed by atoms with E-state index >= 15 is 0 Å². The number of ether oxygens (including phenoxy) is 1. The fourth-order valence-electron chi connectivity index (χ4n) is 1.34. The minimum Gasteiger partial charge on any atom is -0.466 e. The molecule has 0 atom stereocenters. The van der Waals surface area contributed by atoms with Gasteiger partial charge >= 0.3 is 5.97 Å². The number of carbonyl (C=O) groups excluding carboxylic acids is 2. The Morgan fingerprint density at radius 1 is 1.38 bits per heavy atom. The number of nitrogens with zero attached hydrogens (tertiary/aromatic N) is 2. The maximum atomic E-state index is 11.6. The first-order valence-electron chi connectivity index (χ1n) is 5.74. The van der Waals surface area contributed by atoms with Crippen LogP contribution in [0.3, 0.4) is 0 Å². The maximum absolute atomic E-state index is 11.6. The van der Waals surface area contributed by atoms with Crippen molar-refractivity contribution in [3.63, 3.8) is 0 Å². The molecular weight excluding hydrogens is 314 g/mol. The van der Waals surface area contributed by atoms with Gasteiger partial charge in [0.2, 0.25) is 0 Å². The van der Waals surface area contributed by atoms with Gasteiger partial charge in [-0.2, -0.15) is 5.10 Å². The molecule has 1 saturated heterocycles. The Hall–Kier alpha value is -2.12. The smallest absolute Gasteiger partial charge is 0.331 e. The Kier molecular flexibility index (Phi) is 5.13. The summed E-state index contributed by atoms with van der Waals surface area (Å²) in [7, 11) is 1.24. The topological polar surface area (TPSA) is 80.1 Å². The summed E-state index contributed by atoms with van der Waals surface area (Å²) in [4.78, 5) is 22.8. The summed E-state index contributed by atoms with van der Waals surface area (Å²) in [5, 5.41) is 11.1. The van der Waals surface area contributed by atoms with Gasteiger partial charge in [-0.15, -0.1) is 5.10 Å². The molecule has 0 bridgehead atoms. The Morgan fingerprint density at radius 3 is 2.76 bits per heavy atom. The molecule has 21 heavy (non-hydrogen) atoms. The van der Waals surface area contributed by atoms with Gasteiger partial charge in [-0.3, -0.25) is 10.1 Å².